The minimum Gasteiger partial charge on any atom is -0.395 e. The van der Waals surface area contributed by atoms with Crippen LogP contribution < -0.4 is 5.43 Å². The number of piperidine rings is 1. The average Bonchev–Trinajstić information content (AvgIpc) is 2.17. The molecule has 0 aliphatic carbocycles. The summed E-state index contributed by atoms with van der Waals surface area (Å²) >= 11 is 0. The third kappa shape index (κ3) is 4.40. The Morgan fingerprint density at radius 1 is 1.21 bits per heavy atom. The molecule has 2 N–H and O–H groups in total. The van der Waals surface area contributed by atoms with Crippen molar-refractivity contribution in [2.24, 2.45) is 5.92 Å². The van der Waals surface area contributed by atoms with Crippen LogP contribution in [0.4, 0.5) is 0 Å². The van der Waals surface area contributed by atoms with Gasteiger partial charge in [0.1, 0.15) is 0 Å². The SMILES string of the molecule is CC(C)C[C@@H](CO)NN1CCCCC1. The van der Waals surface area contributed by atoms with Crippen LogP contribution in [0.25, 0.3) is 0 Å². The predicted octanol–water partition coefficient (Wildman–Crippen LogP) is 1.38. The quantitative estimate of drug-likeness (QED) is 0.704. The molecule has 0 saturated carbocycles. The van der Waals surface area contributed by atoms with Crippen molar-refractivity contribution in [2.75, 3.05) is 19.7 Å². The molecule has 1 fully saturated rings. The van der Waals surface area contributed by atoms with Crippen molar-refractivity contribution in [3.05, 3.63) is 0 Å². The Morgan fingerprint density at radius 3 is 2.36 bits per heavy atom. The fourth-order valence-corrected chi connectivity index (χ4v) is 2.02. The second kappa shape index (κ2) is 6.38. The fourth-order valence-electron chi connectivity index (χ4n) is 2.02. The van der Waals surface area contributed by atoms with Crippen LogP contribution in [0, 0.1) is 5.92 Å². The Balaban J connectivity index is 2.23. The number of hydrazine groups is 1. The van der Waals surface area contributed by atoms with E-state index in [4.69, 9.17) is 0 Å². The first-order valence-corrected chi connectivity index (χ1v) is 5.84. The van der Waals surface area contributed by atoms with Gasteiger partial charge in [-0.1, -0.05) is 20.3 Å². The van der Waals surface area contributed by atoms with Gasteiger partial charge in [-0.25, -0.2) is 10.4 Å². The van der Waals surface area contributed by atoms with Crippen LogP contribution in [0.15, 0.2) is 0 Å². The van der Waals surface area contributed by atoms with Gasteiger partial charge in [-0.05, 0) is 25.2 Å². The van der Waals surface area contributed by atoms with Crippen molar-refractivity contribution in [1.82, 2.24) is 10.4 Å². The van der Waals surface area contributed by atoms with Crippen LogP contribution in [0.2, 0.25) is 0 Å². The molecule has 0 aromatic carbocycles. The van der Waals surface area contributed by atoms with Gasteiger partial charge in [0.2, 0.25) is 0 Å². The standard InChI is InChI=1S/C11H24N2O/c1-10(2)8-11(9-14)12-13-6-4-3-5-7-13/h10-12,14H,3-9H2,1-2H3/t11-/m0/s1. The number of aliphatic hydroxyl groups excluding tert-OH is 1. The zero-order chi connectivity index (χ0) is 10.4. The second-order valence-electron chi connectivity index (χ2n) is 4.69. The molecular formula is C11H24N2O. The molecule has 84 valence electrons. The van der Waals surface area contributed by atoms with Crippen LogP contribution in [-0.4, -0.2) is 35.9 Å². The molecule has 3 heteroatoms. The minimum atomic E-state index is 0.244. The topological polar surface area (TPSA) is 35.5 Å². The van der Waals surface area contributed by atoms with Gasteiger partial charge in [0.05, 0.1) is 6.61 Å². The van der Waals surface area contributed by atoms with Crippen molar-refractivity contribution in [3.8, 4) is 0 Å². The third-order valence-electron chi connectivity index (χ3n) is 2.70. The highest BCUT2D eigenvalue weighted by atomic mass is 16.3. The molecule has 0 aromatic heterocycles. The van der Waals surface area contributed by atoms with E-state index in [0.29, 0.717) is 5.92 Å². The molecule has 1 aliphatic heterocycles. The number of nitrogens with one attached hydrogen (secondary N) is 1. The molecule has 1 atom stereocenters. The fraction of sp³-hybridized carbons (Fsp3) is 1.00. The lowest BCUT2D eigenvalue weighted by atomic mass is 10.1. The van der Waals surface area contributed by atoms with Crippen LogP contribution in [0.3, 0.4) is 0 Å². The van der Waals surface area contributed by atoms with Crippen molar-refractivity contribution < 1.29 is 5.11 Å². The van der Waals surface area contributed by atoms with Crippen molar-refractivity contribution in [1.29, 1.82) is 0 Å². The normalized spacial score (nSPS) is 21.4. The van der Waals surface area contributed by atoms with E-state index in [1.54, 1.807) is 0 Å². The first-order valence-electron chi connectivity index (χ1n) is 5.84. The summed E-state index contributed by atoms with van der Waals surface area (Å²) in [6, 6.07) is 0.244. The Kier molecular flexibility index (Phi) is 5.45. The van der Waals surface area contributed by atoms with E-state index < -0.39 is 0 Å². The summed E-state index contributed by atoms with van der Waals surface area (Å²) in [7, 11) is 0. The molecule has 0 bridgehead atoms. The monoisotopic (exact) mass is 200 g/mol. The van der Waals surface area contributed by atoms with Gasteiger partial charge < -0.3 is 5.11 Å². The Labute approximate surface area is 87.5 Å². The lowest BCUT2D eigenvalue weighted by Gasteiger charge is -2.31. The van der Waals surface area contributed by atoms with E-state index in [1.807, 2.05) is 0 Å². The van der Waals surface area contributed by atoms with Gasteiger partial charge in [-0.2, -0.15) is 0 Å². The third-order valence-corrected chi connectivity index (χ3v) is 2.70. The molecule has 0 aromatic rings. The van der Waals surface area contributed by atoms with Crippen LogP contribution in [0.1, 0.15) is 39.5 Å². The molecule has 1 aliphatic rings. The summed E-state index contributed by atoms with van der Waals surface area (Å²) in [5.41, 5.74) is 3.42. The first kappa shape index (κ1) is 12.0. The van der Waals surface area contributed by atoms with Crippen LogP contribution in [-0.2, 0) is 0 Å². The van der Waals surface area contributed by atoms with E-state index in [2.05, 4.69) is 24.3 Å². The highest BCUT2D eigenvalue weighted by molar-refractivity contribution is 4.69. The lowest BCUT2D eigenvalue weighted by Crippen LogP contribution is -2.49. The highest BCUT2D eigenvalue weighted by Crippen LogP contribution is 2.09. The summed E-state index contributed by atoms with van der Waals surface area (Å²) in [5.74, 6) is 0.643. The Hall–Kier alpha value is -0.120. The smallest absolute Gasteiger partial charge is 0.0598 e. The zero-order valence-electron chi connectivity index (χ0n) is 9.50. The molecule has 1 rings (SSSR count). The summed E-state index contributed by atoms with van der Waals surface area (Å²) in [6.45, 7) is 6.90. The summed E-state index contributed by atoms with van der Waals surface area (Å²) < 4.78 is 0. The predicted molar refractivity (Wildman–Crippen MR) is 58.9 cm³/mol. The molecule has 1 heterocycles. The van der Waals surface area contributed by atoms with E-state index in [9.17, 15) is 5.11 Å². The molecule has 0 amide bonds. The minimum absolute atomic E-state index is 0.244. The highest BCUT2D eigenvalue weighted by Gasteiger charge is 2.15. The second-order valence-corrected chi connectivity index (χ2v) is 4.69. The van der Waals surface area contributed by atoms with Gasteiger partial charge in [0.15, 0.2) is 0 Å². The van der Waals surface area contributed by atoms with Crippen molar-refractivity contribution in [2.45, 2.75) is 45.6 Å². The number of nitrogens with zero attached hydrogens (tertiary/aromatic N) is 1. The van der Waals surface area contributed by atoms with Gasteiger partial charge in [0, 0.05) is 19.1 Å². The number of aliphatic hydroxyl groups is 1. The average molecular weight is 200 g/mol. The van der Waals surface area contributed by atoms with Gasteiger partial charge in [-0.15, -0.1) is 0 Å². The number of hydrogen-bond donors (Lipinski definition) is 2. The van der Waals surface area contributed by atoms with Gasteiger partial charge in [0.25, 0.3) is 0 Å². The number of hydrogen-bond acceptors (Lipinski definition) is 3. The van der Waals surface area contributed by atoms with Gasteiger partial charge >= 0.3 is 0 Å². The van der Waals surface area contributed by atoms with E-state index in [0.717, 1.165) is 19.5 Å². The Morgan fingerprint density at radius 2 is 1.86 bits per heavy atom. The molecule has 3 nitrogen and oxygen atoms in total. The number of rotatable bonds is 5. The van der Waals surface area contributed by atoms with E-state index in [1.165, 1.54) is 19.3 Å². The van der Waals surface area contributed by atoms with Crippen LogP contribution >= 0.6 is 0 Å². The van der Waals surface area contributed by atoms with Gasteiger partial charge in [-0.3, -0.25) is 0 Å². The molecule has 0 radical (unpaired) electrons. The van der Waals surface area contributed by atoms with E-state index in [-0.39, 0.29) is 12.6 Å². The molecule has 0 unspecified atom stereocenters. The maximum absolute atomic E-state index is 9.22. The van der Waals surface area contributed by atoms with Crippen LogP contribution in [0.5, 0.6) is 0 Å². The lowest BCUT2D eigenvalue weighted by molar-refractivity contribution is 0.0922. The first-order chi connectivity index (χ1) is 6.72. The molecule has 14 heavy (non-hydrogen) atoms. The zero-order valence-corrected chi connectivity index (χ0v) is 9.50. The molecule has 0 spiro atoms. The summed E-state index contributed by atoms with van der Waals surface area (Å²) in [6.07, 6.45) is 4.97. The maximum Gasteiger partial charge on any atom is 0.0598 e. The van der Waals surface area contributed by atoms with Crippen molar-refractivity contribution in [3.63, 3.8) is 0 Å². The molecule has 1 saturated heterocycles. The van der Waals surface area contributed by atoms with Crippen molar-refractivity contribution >= 4 is 0 Å². The van der Waals surface area contributed by atoms with E-state index >= 15 is 0 Å². The largest absolute Gasteiger partial charge is 0.395 e. The Bertz CT molecular complexity index is 144. The summed E-state index contributed by atoms with van der Waals surface area (Å²) in [4.78, 5) is 0. The maximum atomic E-state index is 9.22. The summed E-state index contributed by atoms with van der Waals surface area (Å²) in [5, 5.41) is 11.5. The molecular weight excluding hydrogens is 176 g/mol.